The first-order valence-corrected chi connectivity index (χ1v) is 3.71. The first-order chi connectivity index (χ1) is 5.63. The van der Waals surface area contributed by atoms with E-state index in [-0.39, 0.29) is 11.9 Å². The number of ether oxygens (including phenoxy) is 2. The van der Waals surface area contributed by atoms with E-state index in [9.17, 15) is 4.79 Å². The third-order valence-electron chi connectivity index (χ3n) is 1.16. The van der Waals surface area contributed by atoms with Crippen LogP contribution in [0.25, 0.3) is 0 Å². The van der Waals surface area contributed by atoms with Gasteiger partial charge < -0.3 is 14.8 Å². The molecule has 70 valence electrons. The molecule has 0 atom stereocenters. The van der Waals surface area contributed by atoms with Crippen LogP contribution >= 0.6 is 11.6 Å². The smallest absolute Gasteiger partial charge is 0.338 e. The van der Waals surface area contributed by atoms with E-state index in [1.54, 1.807) is 14.0 Å². The Morgan fingerprint density at radius 1 is 1.58 bits per heavy atom. The van der Waals surface area contributed by atoms with Gasteiger partial charge >= 0.3 is 5.97 Å². The topological polar surface area (TPSA) is 47.6 Å². The summed E-state index contributed by atoms with van der Waals surface area (Å²) in [5.74, 6) is -0.490. The highest BCUT2D eigenvalue weighted by atomic mass is 35.5. The Bertz CT molecular complexity index is 191. The molecule has 0 unspecified atom stereocenters. The Morgan fingerprint density at radius 2 is 2.17 bits per heavy atom. The Morgan fingerprint density at radius 3 is 2.58 bits per heavy atom. The maximum atomic E-state index is 11.0. The molecule has 0 saturated heterocycles. The first-order valence-electron chi connectivity index (χ1n) is 3.33. The average molecular weight is 194 g/mol. The number of hydrogen-bond acceptors (Lipinski definition) is 4. The van der Waals surface area contributed by atoms with Gasteiger partial charge in [0.05, 0.1) is 5.57 Å². The molecule has 0 heterocycles. The molecule has 0 bridgehead atoms. The number of esters is 1. The summed E-state index contributed by atoms with van der Waals surface area (Å²) in [6, 6.07) is 0. The lowest BCUT2D eigenvalue weighted by Gasteiger charge is -2.04. The Hall–Kier alpha value is -0.740. The summed E-state index contributed by atoms with van der Waals surface area (Å²) < 4.78 is 9.18. The van der Waals surface area contributed by atoms with Crippen LogP contribution in [0.1, 0.15) is 6.92 Å². The van der Waals surface area contributed by atoms with Crippen molar-refractivity contribution in [2.24, 2.45) is 0 Å². The minimum atomic E-state index is -0.490. The summed E-state index contributed by atoms with van der Waals surface area (Å²) in [5, 5.41) is 2.90. The van der Waals surface area contributed by atoms with Crippen LogP contribution in [0.3, 0.4) is 0 Å². The summed E-state index contributed by atoms with van der Waals surface area (Å²) in [7, 11) is 3.06. The Balaban J connectivity index is 4.09. The standard InChI is InChI=1S/C7H12ClNO3/c1-5(6(8)9-2)7(10)12-4-11-3/h9H,4H2,1-3H3/b6-5+. The predicted molar refractivity (Wildman–Crippen MR) is 45.6 cm³/mol. The second kappa shape index (κ2) is 5.85. The first kappa shape index (κ1) is 11.3. The van der Waals surface area contributed by atoms with Gasteiger partial charge in [0.15, 0.2) is 6.79 Å². The zero-order chi connectivity index (χ0) is 9.56. The zero-order valence-corrected chi connectivity index (χ0v) is 8.07. The normalized spacial score (nSPS) is 12.0. The lowest BCUT2D eigenvalue weighted by molar-refractivity contribution is -0.149. The van der Waals surface area contributed by atoms with Gasteiger partial charge in [-0.2, -0.15) is 0 Å². The van der Waals surface area contributed by atoms with Crippen molar-refractivity contribution in [2.45, 2.75) is 6.92 Å². The number of hydrogen-bond donors (Lipinski definition) is 1. The molecule has 0 aromatic rings. The molecule has 0 aliphatic rings. The van der Waals surface area contributed by atoms with Gasteiger partial charge in [-0.1, -0.05) is 11.6 Å². The lowest BCUT2D eigenvalue weighted by atomic mass is 10.3. The van der Waals surface area contributed by atoms with Crippen molar-refractivity contribution < 1.29 is 14.3 Å². The van der Waals surface area contributed by atoms with Crippen LogP contribution in [-0.4, -0.2) is 26.9 Å². The highest BCUT2D eigenvalue weighted by Crippen LogP contribution is 2.06. The van der Waals surface area contributed by atoms with Crippen molar-refractivity contribution in [2.75, 3.05) is 21.0 Å². The molecule has 0 fully saturated rings. The molecule has 5 heteroatoms. The third-order valence-corrected chi connectivity index (χ3v) is 1.64. The fraction of sp³-hybridized carbons (Fsp3) is 0.571. The maximum Gasteiger partial charge on any atom is 0.338 e. The van der Waals surface area contributed by atoms with E-state index >= 15 is 0 Å². The van der Waals surface area contributed by atoms with Crippen LogP contribution in [0.2, 0.25) is 0 Å². The fourth-order valence-corrected chi connectivity index (χ4v) is 0.575. The van der Waals surface area contributed by atoms with Crippen LogP contribution in [0.5, 0.6) is 0 Å². The molecule has 0 aliphatic carbocycles. The molecule has 1 N–H and O–H groups in total. The number of nitrogens with one attached hydrogen (secondary N) is 1. The summed E-state index contributed by atoms with van der Waals surface area (Å²) in [5.41, 5.74) is 0.330. The lowest BCUT2D eigenvalue weighted by Crippen LogP contribution is -2.13. The largest absolute Gasteiger partial charge is 0.435 e. The van der Waals surface area contributed by atoms with E-state index in [0.29, 0.717) is 5.57 Å². The van der Waals surface area contributed by atoms with E-state index in [2.05, 4.69) is 14.8 Å². The molecule has 0 aromatic carbocycles. The third kappa shape index (κ3) is 3.59. The van der Waals surface area contributed by atoms with E-state index in [4.69, 9.17) is 11.6 Å². The van der Waals surface area contributed by atoms with E-state index in [0.717, 1.165) is 0 Å². The van der Waals surface area contributed by atoms with Crippen LogP contribution in [-0.2, 0) is 14.3 Å². The second-order valence-corrected chi connectivity index (χ2v) is 2.41. The molecule has 0 amide bonds. The molecule has 12 heavy (non-hydrogen) atoms. The van der Waals surface area contributed by atoms with Crippen LogP contribution in [0.4, 0.5) is 0 Å². The van der Waals surface area contributed by atoms with Gasteiger partial charge in [-0.3, -0.25) is 0 Å². The van der Waals surface area contributed by atoms with Crippen molar-refractivity contribution in [1.29, 1.82) is 0 Å². The summed E-state index contributed by atoms with van der Waals surface area (Å²) in [6.07, 6.45) is 0. The second-order valence-electron chi connectivity index (χ2n) is 2.03. The number of rotatable bonds is 4. The fourth-order valence-electron chi connectivity index (χ4n) is 0.498. The number of halogens is 1. The molecule has 4 nitrogen and oxygen atoms in total. The van der Waals surface area contributed by atoms with Gasteiger partial charge in [-0.05, 0) is 6.92 Å². The van der Waals surface area contributed by atoms with E-state index < -0.39 is 5.97 Å². The molecule has 0 radical (unpaired) electrons. The van der Waals surface area contributed by atoms with Gasteiger partial charge in [0.1, 0.15) is 5.16 Å². The number of carbonyl (C=O) groups is 1. The van der Waals surface area contributed by atoms with Crippen LogP contribution in [0, 0.1) is 0 Å². The van der Waals surface area contributed by atoms with Crippen molar-refractivity contribution in [1.82, 2.24) is 5.32 Å². The van der Waals surface area contributed by atoms with Gasteiger partial charge in [0, 0.05) is 14.2 Å². The summed E-state index contributed by atoms with van der Waals surface area (Å²) in [4.78, 5) is 11.0. The van der Waals surface area contributed by atoms with Gasteiger partial charge in [0.25, 0.3) is 0 Å². The molecule has 0 spiro atoms. The van der Waals surface area contributed by atoms with Crippen molar-refractivity contribution >= 4 is 17.6 Å². The molecular weight excluding hydrogens is 182 g/mol. The molecule has 0 aromatic heterocycles. The monoisotopic (exact) mass is 193 g/mol. The van der Waals surface area contributed by atoms with E-state index in [1.165, 1.54) is 7.11 Å². The maximum absolute atomic E-state index is 11.0. The summed E-state index contributed by atoms with van der Waals surface area (Å²) in [6.45, 7) is 1.50. The predicted octanol–water partition coefficient (Wildman–Crippen LogP) is 0.823. The van der Waals surface area contributed by atoms with Crippen molar-refractivity contribution in [3.8, 4) is 0 Å². The quantitative estimate of drug-likeness (QED) is 0.311. The number of methoxy groups -OCH3 is 1. The van der Waals surface area contributed by atoms with Gasteiger partial charge in [0.2, 0.25) is 0 Å². The van der Waals surface area contributed by atoms with Gasteiger partial charge in [-0.25, -0.2) is 4.79 Å². The number of carbonyl (C=O) groups excluding carboxylic acids is 1. The zero-order valence-electron chi connectivity index (χ0n) is 7.31. The van der Waals surface area contributed by atoms with Gasteiger partial charge in [-0.15, -0.1) is 0 Å². The molecule has 0 rings (SSSR count). The Labute approximate surface area is 76.5 Å². The SMILES string of the molecule is CN/C(Cl)=C(\C)C(=O)OCOC. The minimum Gasteiger partial charge on any atom is -0.435 e. The summed E-state index contributed by atoms with van der Waals surface area (Å²) >= 11 is 5.62. The molecule has 0 aliphatic heterocycles. The average Bonchev–Trinajstić information content (AvgIpc) is 2.11. The van der Waals surface area contributed by atoms with Crippen molar-refractivity contribution in [3.63, 3.8) is 0 Å². The van der Waals surface area contributed by atoms with Crippen molar-refractivity contribution in [3.05, 3.63) is 10.7 Å². The van der Waals surface area contributed by atoms with Crippen LogP contribution in [0.15, 0.2) is 10.7 Å². The minimum absolute atomic E-state index is 0.0654. The van der Waals surface area contributed by atoms with Crippen LogP contribution < -0.4 is 5.32 Å². The highest BCUT2D eigenvalue weighted by molar-refractivity contribution is 6.31. The molecular formula is C7H12ClNO3. The highest BCUT2D eigenvalue weighted by Gasteiger charge is 2.09. The van der Waals surface area contributed by atoms with E-state index in [1.807, 2.05) is 0 Å². The molecule has 0 saturated carbocycles. The Kier molecular flexibility index (Phi) is 5.49.